The number of halogens is 1. The van der Waals surface area contributed by atoms with Gasteiger partial charge in [-0.05, 0) is 36.4 Å². The van der Waals surface area contributed by atoms with Crippen LogP contribution in [0.1, 0.15) is 10.4 Å². The number of nitrogens with one attached hydrogen (secondary N) is 1. The third kappa shape index (κ3) is 3.87. The number of nitrogens with zero attached hydrogens (tertiary/aromatic N) is 1. The van der Waals surface area contributed by atoms with Crippen molar-refractivity contribution in [3.63, 3.8) is 0 Å². The van der Waals surface area contributed by atoms with Gasteiger partial charge < -0.3 is 10.1 Å². The van der Waals surface area contributed by atoms with Crippen LogP contribution in [-0.4, -0.2) is 39.8 Å². The molecule has 0 fully saturated rings. The van der Waals surface area contributed by atoms with Crippen molar-refractivity contribution in [3.05, 3.63) is 53.1 Å². The maximum absolute atomic E-state index is 12.3. The average Bonchev–Trinajstić information content (AvgIpc) is 2.55. The van der Waals surface area contributed by atoms with Gasteiger partial charge in [-0.2, -0.15) is 0 Å². The molecule has 0 bridgehead atoms. The Kier molecular flexibility index (Phi) is 5.48. The molecule has 0 spiro atoms. The molecular weight excluding hydrogens is 352 g/mol. The number of sulfonamides is 1. The first kappa shape index (κ1) is 18.3. The zero-order valence-electron chi connectivity index (χ0n) is 13.4. The highest BCUT2D eigenvalue weighted by Crippen LogP contribution is 2.27. The first-order valence-electron chi connectivity index (χ1n) is 6.93. The molecule has 2 aromatic rings. The summed E-state index contributed by atoms with van der Waals surface area (Å²) >= 11 is 6.02. The van der Waals surface area contributed by atoms with Crippen LogP contribution in [0.5, 0.6) is 5.75 Å². The van der Waals surface area contributed by atoms with Gasteiger partial charge in [0.25, 0.3) is 5.91 Å². The quantitative estimate of drug-likeness (QED) is 0.880. The first-order chi connectivity index (χ1) is 11.3. The molecule has 0 aliphatic carbocycles. The van der Waals surface area contributed by atoms with E-state index in [0.717, 1.165) is 4.31 Å². The van der Waals surface area contributed by atoms with Crippen LogP contribution in [0.3, 0.4) is 0 Å². The number of methoxy groups -OCH3 is 1. The molecular formula is C16H17ClN2O4S. The van der Waals surface area contributed by atoms with Gasteiger partial charge in [0.05, 0.1) is 17.0 Å². The molecule has 1 amide bonds. The lowest BCUT2D eigenvalue weighted by Crippen LogP contribution is -2.22. The number of hydrogen-bond donors (Lipinski definition) is 1. The molecule has 24 heavy (non-hydrogen) atoms. The predicted molar refractivity (Wildman–Crippen MR) is 93.3 cm³/mol. The molecule has 1 N–H and O–H groups in total. The molecule has 0 atom stereocenters. The van der Waals surface area contributed by atoms with E-state index in [4.69, 9.17) is 16.3 Å². The fourth-order valence-corrected chi connectivity index (χ4v) is 3.16. The van der Waals surface area contributed by atoms with Crippen molar-refractivity contribution in [1.29, 1.82) is 0 Å². The summed E-state index contributed by atoms with van der Waals surface area (Å²) in [6.45, 7) is 0. The first-order valence-corrected chi connectivity index (χ1v) is 8.75. The summed E-state index contributed by atoms with van der Waals surface area (Å²) in [5.41, 5.74) is 0.705. The second kappa shape index (κ2) is 7.21. The molecule has 0 radical (unpaired) electrons. The minimum absolute atomic E-state index is 0.0490. The zero-order chi connectivity index (χ0) is 17.9. The summed E-state index contributed by atoms with van der Waals surface area (Å²) in [6, 6.07) is 10.7. The van der Waals surface area contributed by atoms with Gasteiger partial charge in [-0.1, -0.05) is 17.7 Å². The maximum atomic E-state index is 12.3. The molecule has 8 heteroatoms. The number of anilines is 1. The standard InChI is InChI=1S/C16H17ClN2O4S/c1-19(2)24(21,22)13-6-4-5-11(9-13)16(20)18-12-7-8-15(23-3)14(17)10-12/h4-10H,1-3H3,(H,18,20). The summed E-state index contributed by atoms with van der Waals surface area (Å²) in [5.74, 6) is 0.0563. The molecule has 2 rings (SSSR count). The highest BCUT2D eigenvalue weighted by Gasteiger charge is 2.18. The number of carbonyl (C=O) groups is 1. The van der Waals surface area contributed by atoms with Crippen molar-refractivity contribution in [1.82, 2.24) is 4.31 Å². The number of hydrogen-bond acceptors (Lipinski definition) is 4. The van der Waals surface area contributed by atoms with Gasteiger partial charge in [0, 0.05) is 25.3 Å². The van der Waals surface area contributed by atoms with Crippen LogP contribution in [0, 0.1) is 0 Å². The number of amides is 1. The summed E-state index contributed by atoms with van der Waals surface area (Å²) < 4.78 is 30.4. The highest BCUT2D eigenvalue weighted by molar-refractivity contribution is 7.89. The van der Waals surface area contributed by atoms with Crippen LogP contribution in [-0.2, 0) is 10.0 Å². The number of rotatable bonds is 5. The highest BCUT2D eigenvalue weighted by atomic mass is 35.5. The van der Waals surface area contributed by atoms with Crippen LogP contribution in [0.25, 0.3) is 0 Å². The Balaban J connectivity index is 2.26. The van der Waals surface area contributed by atoms with Gasteiger partial charge >= 0.3 is 0 Å². The van der Waals surface area contributed by atoms with Gasteiger partial charge in [0.2, 0.25) is 10.0 Å². The van der Waals surface area contributed by atoms with E-state index in [0.29, 0.717) is 16.5 Å². The van der Waals surface area contributed by atoms with E-state index in [1.807, 2.05) is 0 Å². The molecule has 0 unspecified atom stereocenters. The number of carbonyl (C=O) groups excluding carboxylic acids is 1. The lowest BCUT2D eigenvalue weighted by Gasteiger charge is -2.12. The second-order valence-electron chi connectivity index (χ2n) is 5.12. The number of benzene rings is 2. The van der Waals surface area contributed by atoms with Crippen molar-refractivity contribution in [2.24, 2.45) is 0 Å². The summed E-state index contributed by atoms with van der Waals surface area (Å²) in [7, 11) is 0.754. The Bertz CT molecular complexity index is 866. The van der Waals surface area contributed by atoms with Crippen LogP contribution >= 0.6 is 11.6 Å². The third-order valence-electron chi connectivity index (χ3n) is 3.28. The molecule has 0 aliphatic rings. The van der Waals surface area contributed by atoms with E-state index < -0.39 is 15.9 Å². The minimum atomic E-state index is -3.61. The molecule has 0 saturated heterocycles. The molecule has 0 heterocycles. The van der Waals surface area contributed by atoms with Gasteiger partial charge in [0.1, 0.15) is 5.75 Å². The molecule has 2 aromatic carbocycles. The van der Waals surface area contributed by atoms with Gasteiger partial charge in [-0.15, -0.1) is 0 Å². The monoisotopic (exact) mass is 368 g/mol. The summed E-state index contributed by atoms with van der Waals surface area (Å²) in [5, 5.41) is 3.03. The largest absolute Gasteiger partial charge is 0.495 e. The Morgan fingerprint density at radius 2 is 1.88 bits per heavy atom. The van der Waals surface area contributed by atoms with Crippen LogP contribution in [0.15, 0.2) is 47.4 Å². The van der Waals surface area contributed by atoms with E-state index in [1.54, 1.807) is 18.2 Å². The number of ether oxygens (including phenoxy) is 1. The fourth-order valence-electron chi connectivity index (χ4n) is 1.96. The van der Waals surface area contributed by atoms with Gasteiger partial charge in [-0.25, -0.2) is 12.7 Å². The lowest BCUT2D eigenvalue weighted by atomic mass is 10.2. The smallest absolute Gasteiger partial charge is 0.255 e. The normalized spacial score (nSPS) is 11.4. The molecule has 128 valence electrons. The van der Waals surface area contributed by atoms with Gasteiger partial charge in [0.15, 0.2) is 0 Å². The van der Waals surface area contributed by atoms with E-state index in [-0.39, 0.29) is 10.5 Å². The van der Waals surface area contributed by atoms with E-state index in [9.17, 15) is 13.2 Å². The van der Waals surface area contributed by atoms with Crippen LogP contribution < -0.4 is 10.1 Å². The predicted octanol–water partition coefficient (Wildman–Crippen LogP) is 2.85. The molecule has 0 saturated carbocycles. The Hall–Kier alpha value is -2.09. The van der Waals surface area contributed by atoms with Crippen LogP contribution in [0.4, 0.5) is 5.69 Å². The van der Waals surface area contributed by atoms with Crippen molar-refractivity contribution in [2.45, 2.75) is 4.90 Å². The average molecular weight is 369 g/mol. The molecule has 0 aromatic heterocycles. The Labute approximate surface area is 146 Å². The Morgan fingerprint density at radius 3 is 2.46 bits per heavy atom. The summed E-state index contributed by atoms with van der Waals surface area (Å²) in [4.78, 5) is 12.4. The van der Waals surface area contributed by atoms with Crippen molar-refractivity contribution in [3.8, 4) is 5.75 Å². The SMILES string of the molecule is COc1ccc(NC(=O)c2cccc(S(=O)(=O)N(C)C)c2)cc1Cl. The molecule has 6 nitrogen and oxygen atoms in total. The van der Waals surface area contributed by atoms with E-state index in [1.165, 1.54) is 45.5 Å². The molecule has 0 aliphatic heterocycles. The Morgan fingerprint density at radius 1 is 1.17 bits per heavy atom. The third-order valence-corrected chi connectivity index (χ3v) is 5.39. The van der Waals surface area contributed by atoms with Crippen molar-refractivity contribution < 1.29 is 17.9 Å². The van der Waals surface area contributed by atoms with E-state index >= 15 is 0 Å². The fraction of sp³-hybridized carbons (Fsp3) is 0.188. The van der Waals surface area contributed by atoms with Crippen molar-refractivity contribution in [2.75, 3.05) is 26.5 Å². The minimum Gasteiger partial charge on any atom is -0.495 e. The van der Waals surface area contributed by atoms with Crippen molar-refractivity contribution >= 4 is 33.2 Å². The van der Waals surface area contributed by atoms with Gasteiger partial charge in [-0.3, -0.25) is 4.79 Å². The second-order valence-corrected chi connectivity index (χ2v) is 7.68. The topological polar surface area (TPSA) is 75.7 Å². The van der Waals surface area contributed by atoms with E-state index in [2.05, 4.69) is 5.32 Å². The summed E-state index contributed by atoms with van der Waals surface area (Å²) in [6.07, 6.45) is 0. The lowest BCUT2D eigenvalue weighted by molar-refractivity contribution is 0.102. The maximum Gasteiger partial charge on any atom is 0.255 e. The zero-order valence-corrected chi connectivity index (χ0v) is 15.0. The van der Waals surface area contributed by atoms with Crippen LogP contribution in [0.2, 0.25) is 5.02 Å².